The van der Waals surface area contributed by atoms with Gasteiger partial charge in [-0.15, -0.1) is 0 Å². The molecule has 0 fully saturated rings. The highest BCUT2D eigenvalue weighted by Gasteiger charge is 2.43. The van der Waals surface area contributed by atoms with Gasteiger partial charge in [-0.05, 0) is 65.2 Å². The van der Waals surface area contributed by atoms with Crippen molar-refractivity contribution in [2.75, 3.05) is 57.5 Å². The van der Waals surface area contributed by atoms with Crippen LogP contribution < -0.4 is 9.64 Å². The predicted octanol–water partition coefficient (Wildman–Crippen LogP) is 11.3. The van der Waals surface area contributed by atoms with Gasteiger partial charge in [-0.25, -0.2) is 0 Å². The van der Waals surface area contributed by atoms with Crippen molar-refractivity contribution < 1.29 is 38.7 Å². The first kappa shape index (κ1) is 50.6. The number of Topliss-reactive ketones (excluding diaryl/α,β-unsaturated/α-hetero) is 1. The number of carbonyl (C=O) groups is 2. The van der Waals surface area contributed by atoms with E-state index in [1.54, 1.807) is 12.1 Å². The number of hydrogen-bond acceptors (Lipinski definition) is 10. The van der Waals surface area contributed by atoms with Crippen LogP contribution in [0.25, 0.3) is 5.57 Å². The largest absolute Gasteiger partial charge is 0.507 e. The molecule has 1 aromatic carbocycles. The number of hydrogen-bond donors (Lipinski definition) is 2. The van der Waals surface area contributed by atoms with Crippen molar-refractivity contribution in [3.63, 3.8) is 0 Å². The summed E-state index contributed by atoms with van der Waals surface area (Å²) < 4.78 is 24.8. The summed E-state index contributed by atoms with van der Waals surface area (Å²) in [5, 5.41) is 23.4. The second-order valence-electron chi connectivity index (χ2n) is 17.1. The third kappa shape index (κ3) is 14.7. The van der Waals surface area contributed by atoms with E-state index in [4.69, 9.17) is 18.9 Å². The fourth-order valence-corrected chi connectivity index (χ4v) is 7.67. The Hall–Kier alpha value is -3.76. The molecule has 0 aromatic heterocycles. The lowest BCUT2D eigenvalue weighted by Crippen LogP contribution is -2.32. The maximum absolute atomic E-state index is 14.2. The molecule has 0 bridgehead atoms. The number of unbranched alkanes of at least 4 members (excludes halogenated alkanes) is 4. The first-order chi connectivity index (χ1) is 28.8. The van der Waals surface area contributed by atoms with Crippen molar-refractivity contribution in [2.24, 2.45) is 11.8 Å². The minimum atomic E-state index is -0.558. The smallest absolute Gasteiger partial charge is 0.202 e. The minimum Gasteiger partial charge on any atom is -0.507 e. The molecule has 60 heavy (non-hydrogen) atoms. The fraction of sp³-hybridized carbons (Fsp3) is 0.680. The van der Waals surface area contributed by atoms with E-state index in [0.29, 0.717) is 50.4 Å². The molecule has 0 spiro atoms. The summed E-state index contributed by atoms with van der Waals surface area (Å²) >= 11 is 0. The zero-order valence-electron chi connectivity index (χ0n) is 39.0. The Labute approximate surface area is 363 Å². The number of anilines is 1. The van der Waals surface area contributed by atoms with Crippen molar-refractivity contribution in [1.82, 2.24) is 4.90 Å². The summed E-state index contributed by atoms with van der Waals surface area (Å²) in [4.78, 5) is 32.7. The van der Waals surface area contributed by atoms with Gasteiger partial charge in [0.1, 0.15) is 23.0 Å². The summed E-state index contributed by atoms with van der Waals surface area (Å²) in [5.41, 5.74) is 1.33. The predicted molar refractivity (Wildman–Crippen MR) is 245 cm³/mol. The van der Waals surface area contributed by atoms with Crippen LogP contribution in [0.2, 0.25) is 0 Å². The van der Waals surface area contributed by atoms with Crippen LogP contribution in [0, 0.1) is 11.8 Å². The third-order valence-corrected chi connectivity index (χ3v) is 11.4. The van der Waals surface area contributed by atoms with Crippen molar-refractivity contribution >= 4 is 22.8 Å². The van der Waals surface area contributed by atoms with Crippen molar-refractivity contribution in [3.8, 4) is 11.5 Å². The van der Waals surface area contributed by atoms with E-state index in [-0.39, 0.29) is 57.5 Å². The Kier molecular flexibility index (Phi) is 22.4. The summed E-state index contributed by atoms with van der Waals surface area (Å²) in [5.74, 6) is 0.0478. The van der Waals surface area contributed by atoms with Gasteiger partial charge >= 0.3 is 0 Å². The molecule has 2 aliphatic rings. The SMILES string of the molecule is CCCCC(CC)COCCN(CCCC)C1=CC(=O)/C(=C2\C(=O)C(c3c(O)cc(N(CCCC)CCOCC(CC)CCCC)cc3OC(C)C)=C2O)C(OC(C)C)=C1. The molecule has 2 unspecified atom stereocenters. The number of phenolic OH excluding ortho intramolecular Hbond substituents is 1. The third-order valence-electron chi connectivity index (χ3n) is 11.4. The van der Waals surface area contributed by atoms with E-state index in [0.717, 1.165) is 76.8 Å². The number of rotatable bonds is 31. The number of ether oxygens (including phenoxy) is 4. The molecule has 10 heteroatoms. The fourth-order valence-electron chi connectivity index (χ4n) is 7.67. The number of nitrogens with zero attached hydrogens (tertiary/aromatic N) is 2. The monoisotopic (exact) mass is 837 g/mol. The summed E-state index contributed by atoms with van der Waals surface area (Å²) in [6.07, 6.45) is 15.8. The Morgan fingerprint density at radius 2 is 1.15 bits per heavy atom. The Bertz CT molecular complexity index is 1640. The summed E-state index contributed by atoms with van der Waals surface area (Å²) in [6, 6.07) is 3.46. The first-order valence-electron chi connectivity index (χ1n) is 23.4. The van der Waals surface area contributed by atoms with E-state index < -0.39 is 11.6 Å². The van der Waals surface area contributed by atoms with Crippen LogP contribution in [0.3, 0.4) is 0 Å². The standard InChI is InChI=1S/C50H80N2O8/c1-11-17-21-37(15-5)33-57-27-25-51(23-19-13-3)39-29-41(53)45(43(31-39)59-35(7)8)47-49(55)48(50(47)56)46-42(54)30-40(32-44(46)60-36(9)10)52(24-20-14-4)26-28-58-34-38(16-6)22-18-12-2/h29-32,35-38,53,55H,11-28,33-34H2,1-10H3/b48-46+. The van der Waals surface area contributed by atoms with E-state index in [1.165, 1.54) is 31.8 Å². The molecule has 2 atom stereocenters. The Morgan fingerprint density at radius 1 is 0.617 bits per heavy atom. The highest BCUT2D eigenvalue weighted by atomic mass is 16.5. The van der Waals surface area contributed by atoms with Gasteiger partial charge in [-0.3, -0.25) is 9.59 Å². The molecular formula is C50H80N2O8. The normalized spacial score (nSPS) is 16.6. The molecule has 0 saturated heterocycles. The number of aromatic hydroxyl groups is 1. The lowest BCUT2D eigenvalue weighted by atomic mass is 9.78. The average Bonchev–Trinajstić information content (AvgIpc) is 3.21. The van der Waals surface area contributed by atoms with Crippen molar-refractivity contribution in [2.45, 2.75) is 158 Å². The second-order valence-corrected chi connectivity index (χ2v) is 17.1. The van der Waals surface area contributed by atoms with Gasteiger partial charge in [-0.2, -0.15) is 0 Å². The molecule has 0 heterocycles. The maximum atomic E-state index is 14.2. The van der Waals surface area contributed by atoms with Gasteiger partial charge in [0.2, 0.25) is 5.78 Å². The number of aliphatic hydroxyl groups is 1. The number of phenols is 1. The zero-order chi connectivity index (χ0) is 44.2. The molecular weight excluding hydrogens is 757 g/mol. The second kappa shape index (κ2) is 26.5. The van der Waals surface area contributed by atoms with Crippen LogP contribution in [-0.2, 0) is 23.8 Å². The van der Waals surface area contributed by atoms with Crippen LogP contribution in [0.15, 0.2) is 52.6 Å². The quantitative estimate of drug-likeness (QED) is 0.0553. The van der Waals surface area contributed by atoms with Gasteiger partial charge in [0.05, 0.1) is 47.7 Å². The molecule has 10 nitrogen and oxygen atoms in total. The van der Waals surface area contributed by atoms with Crippen molar-refractivity contribution in [3.05, 3.63) is 58.2 Å². The number of allylic oxidation sites excluding steroid dienone is 5. The Balaban J connectivity index is 1.98. The van der Waals surface area contributed by atoms with Crippen LogP contribution in [-0.4, -0.2) is 91.5 Å². The number of benzene rings is 1. The molecule has 2 aliphatic carbocycles. The number of carbonyl (C=O) groups excluding carboxylic acids is 2. The van der Waals surface area contributed by atoms with E-state index in [1.807, 2.05) is 33.8 Å². The minimum absolute atomic E-state index is 0.0142. The number of ketones is 2. The molecule has 338 valence electrons. The average molecular weight is 837 g/mol. The molecule has 0 aliphatic heterocycles. The highest BCUT2D eigenvalue weighted by molar-refractivity contribution is 6.42. The van der Waals surface area contributed by atoms with Crippen LogP contribution in [0.4, 0.5) is 5.69 Å². The molecule has 2 N–H and O–H groups in total. The van der Waals surface area contributed by atoms with E-state index in [9.17, 15) is 19.8 Å². The van der Waals surface area contributed by atoms with Gasteiger partial charge in [-0.1, -0.05) is 92.9 Å². The van der Waals surface area contributed by atoms with Gasteiger partial charge < -0.3 is 39.0 Å². The maximum Gasteiger partial charge on any atom is 0.202 e. The molecule has 0 amide bonds. The van der Waals surface area contributed by atoms with Gasteiger partial charge in [0.15, 0.2) is 5.78 Å². The lowest BCUT2D eigenvalue weighted by Gasteiger charge is -2.32. The summed E-state index contributed by atoms with van der Waals surface area (Å²) in [7, 11) is 0. The highest BCUT2D eigenvalue weighted by Crippen LogP contribution is 2.48. The molecule has 0 radical (unpaired) electrons. The van der Waals surface area contributed by atoms with Crippen LogP contribution >= 0.6 is 0 Å². The van der Waals surface area contributed by atoms with Gasteiger partial charge in [0, 0.05) is 75.1 Å². The molecule has 0 saturated carbocycles. The van der Waals surface area contributed by atoms with Crippen molar-refractivity contribution in [1.29, 1.82) is 0 Å². The first-order valence-corrected chi connectivity index (χ1v) is 23.4. The lowest BCUT2D eigenvalue weighted by molar-refractivity contribution is -0.114. The van der Waals surface area contributed by atoms with E-state index in [2.05, 4.69) is 51.3 Å². The van der Waals surface area contributed by atoms with Gasteiger partial charge in [0.25, 0.3) is 0 Å². The topological polar surface area (TPSA) is 118 Å². The Morgan fingerprint density at radius 3 is 1.65 bits per heavy atom. The summed E-state index contributed by atoms with van der Waals surface area (Å²) in [6.45, 7) is 25.8. The van der Waals surface area contributed by atoms with E-state index >= 15 is 0 Å². The zero-order valence-corrected chi connectivity index (χ0v) is 39.0. The number of aliphatic hydroxyl groups excluding tert-OH is 1. The molecule has 1 aromatic rings. The van der Waals surface area contributed by atoms with Crippen LogP contribution in [0.1, 0.15) is 152 Å². The van der Waals surface area contributed by atoms with Crippen LogP contribution in [0.5, 0.6) is 11.5 Å². The molecule has 3 rings (SSSR count).